The van der Waals surface area contributed by atoms with E-state index in [1.807, 2.05) is 13.8 Å². The predicted molar refractivity (Wildman–Crippen MR) is 234 cm³/mol. The summed E-state index contributed by atoms with van der Waals surface area (Å²) in [6.07, 6.45) is -22.7. The van der Waals surface area contributed by atoms with Crippen LogP contribution >= 0.6 is 0 Å². The standard InChI is InChI=1S/C48H74O22/c1-43(41(62)64-6)9-11-48(42(63)70-39-34(61)32(59)30(57)26(17-50)67-39)12-10-46(4)20(21(48)14-43)13-22(52)36-44(2)15-23(53)37(45(3,19-51)27(44)7-8-47(36,46)5)69-40-35(28(55)24(54)18-65-40)68-38-33(60)31(58)29(56)25(16-49)66-38/h13,21,23-40,49-51,53-61H,7-12,14-19H2,1-6H3/t21-,23-,24+,25+,26+,27+,28-,29+,30+,31-,32-,33+,34+,35+,36+,37-,38-,39-,40-,43-,44-,45-,46+,47+,48-/m0/s1. The number of carbonyl (C=O) groups excluding carboxylic acids is 3. The highest BCUT2D eigenvalue weighted by atomic mass is 16.8. The van der Waals surface area contributed by atoms with Crippen LogP contribution in [0.5, 0.6) is 0 Å². The van der Waals surface area contributed by atoms with Gasteiger partial charge >= 0.3 is 11.9 Å². The zero-order valence-corrected chi connectivity index (χ0v) is 40.5. The second-order valence-corrected chi connectivity index (χ2v) is 22.9. The average molecular weight is 1000 g/mol. The lowest BCUT2D eigenvalue weighted by Gasteiger charge is -2.71. The van der Waals surface area contributed by atoms with Crippen LogP contribution in [0.3, 0.4) is 0 Å². The number of ether oxygens (including phenoxy) is 7. The number of fused-ring (bicyclic) bond motifs is 7. The van der Waals surface area contributed by atoms with Gasteiger partial charge in [0.05, 0.1) is 56.6 Å². The van der Waals surface area contributed by atoms with Gasteiger partial charge in [-0.15, -0.1) is 0 Å². The summed E-state index contributed by atoms with van der Waals surface area (Å²) < 4.78 is 40.5. The fourth-order valence-electron chi connectivity index (χ4n) is 15.0. The van der Waals surface area contributed by atoms with Crippen molar-refractivity contribution < 1.29 is 109 Å². The minimum absolute atomic E-state index is 0.0154. The van der Waals surface area contributed by atoms with Crippen molar-refractivity contribution in [2.24, 2.45) is 50.2 Å². The number of esters is 2. The summed E-state index contributed by atoms with van der Waals surface area (Å²) in [5, 5.41) is 129. The van der Waals surface area contributed by atoms with E-state index in [0.29, 0.717) is 24.8 Å². The van der Waals surface area contributed by atoms with Gasteiger partial charge in [-0.1, -0.05) is 33.3 Å². The van der Waals surface area contributed by atoms with Crippen LogP contribution in [0.25, 0.3) is 0 Å². The Morgan fingerprint density at radius 2 is 1.29 bits per heavy atom. The van der Waals surface area contributed by atoms with Gasteiger partial charge in [-0.3, -0.25) is 14.4 Å². The molecule has 12 N–H and O–H groups in total. The van der Waals surface area contributed by atoms with Crippen molar-refractivity contribution in [1.29, 1.82) is 0 Å². The van der Waals surface area contributed by atoms with Gasteiger partial charge in [0.1, 0.15) is 67.1 Å². The van der Waals surface area contributed by atoms with Gasteiger partial charge in [-0.25, -0.2) is 0 Å². The van der Waals surface area contributed by atoms with Crippen molar-refractivity contribution in [3.05, 3.63) is 11.6 Å². The first-order valence-corrected chi connectivity index (χ1v) is 24.5. The molecule has 3 aliphatic heterocycles. The van der Waals surface area contributed by atoms with Gasteiger partial charge in [0.2, 0.25) is 6.29 Å². The van der Waals surface area contributed by atoms with Gasteiger partial charge in [-0.05, 0) is 92.4 Å². The molecule has 0 spiro atoms. The average Bonchev–Trinajstić information content (AvgIpc) is 3.32. The lowest BCUT2D eigenvalue weighted by molar-refractivity contribution is -0.372. The number of aliphatic hydroxyl groups excluding tert-OH is 12. The molecule has 0 bridgehead atoms. The van der Waals surface area contributed by atoms with E-state index in [2.05, 4.69) is 6.92 Å². The van der Waals surface area contributed by atoms with Crippen molar-refractivity contribution >= 4 is 17.7 Å². The van der Waals surface area contributed by atoms with Crippen LogP contribution in [0, 0.1) is 50.2 Å². The number of hydrogen-bond donors (Lipinski definition) is 12. The van der Waals surface area contributed by atoms with E-state index in [1.54, 1.807) is 19.9 Å². The summed E-state index contributed by atoms with van der Waals surface area (Å²) in [5.41, 5.74) is -5.75. The van der Waals surface area contributed by atoms with Gasteiger partial charge < -0.3 is 94.4 Å². The van der Waals surface area contributed by atoms with E-state index in [9.17, 15) is 70.9 Å². The Hall–Kier alpha value is -2.33. The maximum Gasteiger partial charge on any atom is 0.315 e. The Bertz CT molecular complexity index is 2000. The lowest BCUT2D eigenvalue weighted by Crippen LogP contribution is -2.71. The number of allylic oxidation sites excluding steroid dienone is 2. The molecule has 4 saturated carbocycles. The highest BCUT2D eigenvalue weighted by Gasteiger charge is 2.73. The Morgan fingerprint density at radius 1 is 0.686 bits per heavy atom. The third-order valence-electron chi connectivity index (χ3n) is 19.2. The van der Waals surface area contributed by atoms with Crippen LogP contribution < -0.4 is 0 Å². The van der Waals surface area contributed by atoms with Crippen molar-refractivity contribution in [2.75, 3.05) is 33.5 Å². The number of rotatable bonds is 10. The number of carbonyl (C=O) groups is 3. The molecule has 0 aromatic heterocycles. The Balaban J connectivity index is 1.11. The molecule has 8 rings (SSSR count). The van der Waals surface area contributed by atoms with E-state index in [0.717, 1.165) is 0 Å². The molecular weight excluding hydrogens is 929 g/mol. The Labute approximate surface area is 405 Å². The molecule has 3 heterocycles. The number of methoxy groups -OCH3 is 1. The van der Waals surface area contributed by atoms with Gasteiger partial charge in [0.15, 0.2) is 18.4 Å². The van der Waals surface area contributed by atoms with Gasteiger partial charge in [0.25, 0.3) is 0 Å². The summed E-state index contributed by atoms with van der Waals surface area (Å²) in [5.74, 6) is -3.61. The van der Waals surface area contributed by atoms with E-state index in [4.69, 9.17) is 33.2 Å². The molecule has 25 atom stereocenters. The van der Waals surface area contributed by atoms with Crippen molar-refractivity contribution in [2.45, 2.75) is 184 Å². The lowest BCUT2D eigenvalue weighted by atomic mass is 9.33. The highest BCUT2D eigenvalue weighted by Crippen LogP contribution is 2.75. The summed E-state index contributed by atoms with van der Waals surface area (Å²) in [6.45, 7) is 7.01. The molecule has 0 unspecified atom stereocenters. The Morgan fingerprint density at radius 3 is 1.89 bits per heavy atom. The van der Waals surface area contributed by atoms with Crippen LogP contribution in [0.15, 0.2) is 11.6 Å². The number of aliphatic hydroxyl groups is 12. The minimum atomic E-state index is -1.88. The predicted octanol–water partition coefficient (Wildman–Crippen LogP) is -2.95. The van der Waals surface area contributed by atoms with Crippen LogP contribution in [-0.2, 0) is 47.5 Å². The molecule has 0 radical (unpaired) electrons. The zero-order valence-electron chi connectivity index (χ0n) is 40.5. The maximum atomic E-state index is 15.3. The van der Waals surface area contributed by atoms with E-state index in [1.165, 1.54) is 7.11 Å². The monoisotopic (exact) mass is 1000 g/mol. The molecule has 3 saturated heterocycles. The minimum Gasteiger partial charge on any atom is -0.469 e. The number of ketones is 1. The molecule has 8 aliphatic rings. The normalized spacial score (nSPS) is 53.6. The van der Waals surface area contributed by atoms with Crippen LogP contribution in [-0.4, -0.2) is 211 Å². The summed E-state index contributed by atoms with van der Waals surface area (Å²) in [6, 6.07) is 0. The first-order valence-electron chi connectivity index (χ1n) is 24.5. The molecule has 0 aromatic rings. The summed E-state index contributed by atoms with van der Waals surface area (Å²) in [4.78, 5) is 43.7. The van der Waals surface area contributed by atoms with Gasteiger partial charge in [0, 0.05) is 11.3 Å². The quantitative estimate of drug-likeness (QED) is 0.0769. The first kappa shape index (κ1) is 53.9. The summed E-state index contributed by atoms with van der Waals surface area (Å²) in [7, 11) is 1.28. The molecular formula is C48H74O22. The molecule has 5 aliphatic carbocycles. The topological polar surface area (TPSA) is 359 Å². The van der Waals surface area contributed by atoms with Gasteiger partial charge in [-0.2, -0.15) is 0 Å². The largest absolute Gasteiger partial charge is 0.469 e. The fraction of sp³-hybridized carbons (Fsp3) is 0.896. The van der Waals surface area contributed by atoms with E-state index >= 15 is 4.79 Å². The van der Waals surface area contributed by atoms with Crippen molar-refractivity contribution in [3.63, 3.8) is 0 Å². The third-order valence-corrected chi connectivity index (χ3v) is 19.2. The van der Waals surface area contributed by atoms with E-state index in [-0.39, 0.29) is 37.9 Å². The second kappa shape index (κ2) is 19.1. The maximum absolute atomic E-state index is 15.3. The molecule has 7 fully saturated rings. The van der Waals surface area contributed by atoms with Crippen molar-refractivity contribution in [3.8, 4) is 0 Å². The van der Waals surface area contributed by atoms with Crippen LogP contribution in [0.4, 0.5) is 0 Å². The smallest absolute Gasteiger partial charge is 0.315 e. The molecule has 22 nitrogen and oxygen atoms in total. The molecule has 22 heteroatoms. The SMILES string of the molecule is COC(=O)[C@@]1(C)CC[C@]2(C(=O)O[C@@H]3O[C@H](CO)[C@@H](O)[C@H](O)[C@H]3O)CC[C@]3(C)C(=CC(=O)[C@@H]4[C@@]5(C)C[C@H](O)[C@H](O[C@@H]6OC[C@@H](O)[C@H](O)[C@H]6O[C@@H]6O[C@H](CO)[C@@H](O)[C@H](O)[C@H]6O)[C@@](C)(CO)[C@@H]5CC[C@]43C)[C@@H]2C1. The molecule has 0 aromatic carbocycles. The Kier molecular flexibility index (Phi) is 14.7. The number of hydrogen-bond acceptors (Lipinski definition) is 22. The van der Waals surface area contributed by atoms with E-state index < -0.39 is 187 Å². The molecule has 398 valence electrons. The van der Waals surface area contributed by atoms with Crippen LogP contribution in [0.1, 0.15) is 86.0 Å². The fourth-order valence-corrected chi connectivity index (χ4v) is 15.0. The summed E-state index contributed by atoms with van der Waals surface area (Å²) >= 11 is 0. The van der Waals surface area contributed by atoms with Crippen LogP contribution in [0.2, 0.25) is 0 Å². The molecule has 70 heavy (non-hydrogen) atoms. The molecule has 0 amide bonds. The first-order chi connectivity index (χ1) is 32.8. The third kappa shape index (κ3) is 8.05. The van der Waals surface area contributed by atoms with Crippen molar-refractivity contribution in [1.82, 2.24) is 0 Å². The second-order valence-electron chi connectivity index (χ2n) is 22.9. The zero-order chi connectivity index (χ0) is 51.4. The highest BCUT2D eigenvalue weighted by molar-refractivity contribution is 5.96.